The molecule has 1 N–H and O–H groups in total. The molecule has 0 saturated carbocycles. The number of aliphatic hydroxyl groups excluding tert-OH is 1. The van der Waals surface area contributed by atoms with Crippen LogP contribution in [0.15, 0.2) is 37.8 Å². The molecule has 0 radical (unpaired) electrons. The van der Waals surface area contributed by atoms with E-state index >= 15 is 0 Å². The first-order valence-electron chi connectivity index (χ1n) is 5.77. The van der Waals surface area contributed by atoms with Crippen LogP contribution in [0.25, 0.3) is 0 Å². The molecule has 1 aromatic carbocycles. The number of aromatic nitrogens is 2. The summed E-state index contributed by atoms with van der Waals surface area (Å²) in [6, 6.07) is 5.92. The largest absolute Gasteiger partial charge is 0.382 e. The zero-order valence-electron chi connectivity index (χ0n) is 10.4. The summed E-state index contributed by atoms with van der Waals surface area (Å²) in [6.45, 7) is 4.07. The van der Waals surface area contributed by atoms with Gasteiger partial charge in [0.25, 0.3) is 0 Å². The van der Waals surface area contributed by atoms with Crippen LogP contribution in [-0.2, 0) is 0 Å². The molecule has 0 aliphatic rings. The summed E-state index contributed by atoms with van der Waals surface area (Å²) in [5.41, 5.74) is 1.56. The van der Waals surface area contributed by atoms with Gasteiger partial charge < -0.3 is 5.11 Å². The number of rotatable bonds is 3. The minimum Gasteiger partial charge on any atom is -0.382 e. The molecular weight excluding hydrogens is 440 g/mol. The number of hydrogen-bond acceptors (Lipinski definition) is 2. The lowest BCUT2D eigenvalue weighted by Gasteiger charge is -2.18. The third kappa shape index (κ3) is 3.12. The molecule has 102 valence electrons. The Balaban J connectivity index is 2.52. The molecule has 0 aliphatic carbocycles. The summed E-state index contributed by atoms with van der Waals surface area (Å²) in [5, 5.41) is 15.0. The van der Waals surface area contributed by atoms with Gasteiger partial charge in [0.1, 0.15) is 6.10 Å². The Labute approximate surface area is 137 Å². The molecular formula is C13H13Br3N2O. The van der Waals surface area contributed by atoms with E-state index in [0.29, 0.717) is 0 Å². The van der Waals surface area contributed by atoms with Crippen molar-refractivity contribution in [1.29, 1.82) is 0 Å². The Morgan fingerprint density at radius 3 is 2.47 bits per heavy atom. The van der Waals surface area contributed by atoms with Crippen LogP contribution in [0.4, 0.5) is 0 Å². The first kappa shape index (κ1) is 15.2. The van der Waals surface area contributed by atoms with Crippen molar-refractivity contribution >= 4 is 47.8 Å². The van der Waals surface area contributed by atoms with Crippen molar-refractivity contribution in [2.75, 3.05) is 0 Å². The highest BCUT2D eigenvalue weighted by atomic mass is 79.9. The minimum absolute atomic E-state index is 0.182. The van der Waals surface area contributed by atoms with Gasteiger partial charge in [0.05, 0.1) is 16.4 Å². The molecule has 0 spiro atoms. The molecule has 2 aromatic rings. The summed E-state index contributed by atoms with van der Waals surface area (Å²) in [7, 11) is 0. The maximum Gasteiger partial charge on any atom is 0.123 e. The summed E-state index contributed by atoms with van der Waals surface area (Å²) in [6.07, 6.45) is 0.968. The maximum atomic E-state index is 10.7. The SMILES string of the molecule is CC(C)n1ncc(Br)c1C(O)c1cc(Br)ccc1Br. The number of halogens is 3. The second-order valence-electron chi connectivity index (χ2n) is 4.48. The van der Waals surface area contributed by atoms with E-state index < -0.39 is 6.10 Å². The molecule has 1 heterocycles. The van der Waals surface area contributed by atoms with Crippen molar-refractivity contribution in [3.8, 4) is 0 Å². The van der Waals surface area contributed by atoms with Gasteiger partial charge in [-0.2, -0.15) is 5.10 Å². The second-order valence-corrected chi connectivity index (χ2v) is 7.11. The predicted octanol–water partition coefficient (Wildman–Crippen LogP) is 4.83. The highest BCUT2D eigenvalue weighted by Crippen LogP contribution is 2.35. The van der Waals surface area contributed by atoms with Crippen molar-refractivity contribution in [3.63, 3.8) is 0 Å². The van der Waals surface area contributed by atoms with Crippen LogP contribution < -0.4 is 0 Å². The minimum atomic E-state index is -0.744. The Bertz CT molecular complexity index is 596. The van der Waals surface area contributed by atoms with E-state index in [2.05, 4.69) is 52.9 Å². The van der Waals surface area contributed by atoms with Gasteiger partial charge in [-0.15, -0.1) is 0 Å². The Morgan fingerprint density at radius 2 is 1.84 bits per heavy atom. The van der Waals surface area contributed by atoms with Gasteiger partial charge in [-0.1, -0.05) is 31.9 Å². The summed E-state index contributed by atoms with van der Waals surface area (Å²) in [5.74, 6) is 0. The summed E-state index contributed by atoms with van der Waals surface area (Å²) in [4.78, 5) is 0. The monoisotopic (exact) mass is 450 g/mol. The Morgan fingerprint density at radius 1 is 1.16 bits per heavy atom. The fraction of sp³-hybridized carbons (Fsp3) is 0.308. The zero-order chi connectivity index (χ0) is 14.2. The van der Waals surface area contributed by atoms with E-state index in [-0.39, 0.29) is 6.04 Å². The molecule has 1 atom stereocenters. The number of benzene rings is 1. The van der Waals surface area contributed by atoms with Crippen LogP contribution in [-0.4, -0.2) is 14.9 Å². The third-order valence-corrected chi connectivity index (χ3v) is 4.61. The van der Waals surface area contributed by atoms with Crippen molar-refractivity contribution in [2.45, 2.75) is 26.0 Å². The van der Waals surface area contributed by atoms with Gasteiger partial charge in [-0.25, -0.2) is 0 Å². The molecule has 0 bridgehead atoms. The second kappa shape index (κ2) is 6.08. The van der Waals surface area contributed by atoms with Crippen LogP contribution in [0.1, 0.15) is 37.3 Å². The summed E-state index contributed by atoms with van der Waals surface area (Å²) >= 11 is 10.4. The lowest BCUT2D eigenvalue weighted by molar-refractivity contribution is 0.203. The van der Waals surface area contributed by atoms with Crippen molar-refractivity contribution in [1.82, 2.24) is 9.78 Å². The Hall–Kier alpha value is -0.170. The molecule has 1 aromatic heterocycles. The first-order valence-corrected chi connectivity index (χ1v) is 8.15. The Kier molecular flexibility index (Phi) is 4.87. The van der Waals surface area contributed by atoms with Crippen LogP contribution in [0.2, 0.25) is 0 Å². The van der Waals surface area contributed by atoms with Crippen LogP contribution >= 0.6 is 47.8 Å². The van der Waals surface area contributed by atoms with Crippen molar-refractivity contribution in [3.05, 3.63) is 49.1 Å². The maximum absolute atomic E-state index is 10.7. The predicted molar refractivity (Wildman–Crippen MR) is 86.2 cm³/mol. The average Bonchev–Trinajstić information content (AvgIpc) is 2.73. The van der Waals surface area contributed by atoms with Gasteiger partial charge >= 0.3 is 0 Å². The van der Waals surface area contributed by atoms with Crippen molar-refractivity contribution < 1.29 is 5.11 Å². The van der Waals surface area contributed by atoms with Gasteiger partial charge in [0.15, 0.2) is 0 Å². The molecule has 0 saturated heterocycles. The van der Waals surface area contributed by atoms with E-state index in [4.69, 9.17) is 0 Å². The standard InChI is InChI=1S/C13H13Br3N2O/c1-7(2)18-12(11(16)6-17-18)13(19)9-5-8(14)3-4-10(9)15/h3-7,13,19H,1-2H3. The van der Waals surface area contributed by atoms with Crippen molar-refractivity contribution in [2.24, 2.45) is 0 Å². The number of aliphatic hydroxyl groups is 1. The van der Waals surface area contributed by atoms with E-state index in [1.54, 1.807) is 6.20 Å². The number of nitrogens with zero attached hydrogens (tertiary/aromatic N) is 2. The van der Waals surface area contributed by atoms with Gasteiger partial charge in [0.2, 0.25) is 0 Å². The van der Waals surface area contributed by atoms with Crippen LogP contribution in [0.3, 0.4) is 0 Å². The molecule has 19 heavy (non-hydrogen) atoms. The number of hydrogen-bond donors (Lipinski definition) is 1. The molecule has 2 rings (SSSR count). The van der Waals surface area contributed by atoms with Gasteiger partial charge in [0, 0.05) is 20.6 Å². The van der Waals surface area contributed by atoms with E-state index in [1.165, 1.54) is 0 Å². The lowest BCUT2D eigenvalue weighted by atomic mass is 10.1. The third-order valence-electron chi connectivity index (χ3n) is 2.79. The van der Waals surface area contributed by atoms with Gasteiger partial charge in [-0.05, 0) is 48.0 Å². The highest BCUT2D eigenvalue weighted by molar-refractivity contribution is 9.11. The van der Waals surface area contributed by atoms with Crippen LogP contribution in [0.5, 0.6) is 0 Å². The molecule has 0 fully saturated rings. The molecule has 3 nitrogen and oxygen atoms in total. The molecule has 0 amide bonds. The average molecular weight is 453 g/mol. The quantitative estimate of drug-likeness (QED) is 0.724. The van der Waals surface area contributed by atoms with Crippen LogP contribution in [0, 0.1) is 0 Å². The topological polar surface area (TPSA) is 38.0 Å². The molecule has 6 heteroatoms. The van der Waals surface area contributed by atoms with E-state index in [9.17, 15) is 5.11 Å². The van der Waals surface area contributed by atoms with E-state index in [1.807, 2.05) is 36.7 Å². The fourth-order valence-corrected chi connectivity index (χ4v) is 3.22. The lowest BCUT2D eigenvalue weighted by Crippen LogP contribution is -2.13. The molecule has 1 unspecified atom stereocenters. The molecule has 0 aliphatic heterocycles. The summed E-state index contributed by atoms with van der Waals surface area (Å²) < 4.78 is 4.42. The zero-order valence-corrected chi connectivity index (χ0v) is 15.2. The normalized spacial score (nSPS) is 13.0. The van der Waals surface area contributed by atoms with Gasteiger partial charge in [-0.3, -0.25) is 4.68 Å². The first-order chi connectivity index (χ1) is 8.91. The fourth-order valence-electron chi connectivity index (χ4n) is 1.89. The highest BCUT2D eigenvalue weighted by Gasteiger charge is 2.22. The van der Waals surface area contributed by atoms with E-state index in [0.717, 1.165) is 24.7 Å². The smallest absolute Gasteiger partial charge is 0.123 e.